The van der Waals surface area contributed by atoms with Crippen molar-refractivity contribution < 1.29 is 19.2 Å². The van der Waals surface area contributed by atoms with Crippen LogP contribution in [0.3, 0.4) is 0 Å². The lowest BCUT2D eigenvalue weighted by atomic mass is 10.0. The van der Waals surface area contributed by atoms with Gasteiger partial charge in [-0.05, 0) is 63.5 Å². The number of rotatable bonds is 4. The third-order valence-corrected chi connectivity index (χ3v) is 7.82. The average molecular weight is 467 g/mol. The summed E-state index contributed by atoms with van der Waals surface area (Å²) in [6, 6.07) is 5.97. The molecule has 4 amide bonds. The molecule has 4 aliphatic heterocycles. The summed E-state index contributed by atoms with van der Waals surface area (Å²) in [6.07, 6.45) is 6.93. The summed E-state index contributed by atoms with van der Waals surface area (Å²) in [7, 11) is 0. The van der Waals surface area contributed by atoms with E-state index < -0.39 is 12.1 Å². The van der Waals surface area contributed by atoms with Crippen LogP contribution >= 0.6 is 0 Å². The summed E-state index contributed by atoms with van der Waals surface area (Å²) in [6.45, 7) is 4.07. The van der Waals surface area contributed by atoms with Crippen LogP contribution in [-0.4, -0.2) is 94.6 Å². The summed E-state index contributed by atoms with van der Waals surface area (Å²) in [5.74, 6) is -0.466. The van der Waals surface area contributed by atoms with Crippen molar-refractivity contribution in [3.63, 3.8) is 0 Å². The fourth-order valence-electron chi connectivity index (χ4n) is 6.00. The smallest absolute Gasteiger partial charge is 0.255 e. The van der Waals surface area contributed by atoms with E-state index in [9.17, 15) is 19.2 Å². The third kappa shape index (κ3) is 4.18. The molecule has 0 spiro atoms. The maximum Gasteiger partial charge on any atom is 0.255 e. The minimum atomic E-state index is -0.454. The Labute approximate surface area is 200 Å². The maximum atomic E-state index is 13.7. The number of nitrogens with zero attached hydrogens (tertiary/aromatic N) is 4. The van der Waals surface area contributed by atoms with Crippen LogP contribution in [0, 0.1) is 0 Å². The number of likely N-dealkylation sites (tertiary alicyclic amines) is 4. The lowest BCUT2D eigenvalue weighted by Gasteiger charge is -2.30. The van der Waals surface area contributed by atoms with Gasteiger partial charge in [-0.2, -0.15) is 0 Å². The minimum Gasteiger partial charge on any atom is -0.341 e. The molecule has 0 radical (unpaired) electrons. The Hall–Kier alpha value is -2.90. The van der Waals surface area contributed by atoms with E-state index in [2.05, 4.69) is 0 Å². The van der Waals surface area contributed by atoms with E-state index in [1.807, 2.05) is 9.80 Å². The van der Waals surface area contributed by atoms with E-state index in [0.29, 0.717) is 37.1 Å². The Kier molecular flexibility index (Phi) is 6.57. The number of benzene rings is 1. The lowest BCUT2D eigenvalue weighted by Crippen LogP contribution is -2.48. The molecular formula is C26H34N4O4. The number of hydrogen-bond acceptors (Lipinski definition) is 4. The molecular weight excluding hydrogens is 432 g/mol. The summed E-state index contributed by atoms with van der Waals surface area (Å²) >= 11 is 0. The van der Waals surface area contributed by atoms with Gasteiger partial charge in [0.25, 0.3) is 11.8 Å². The van der Waals surface area contributed by atoms with Crippen LogP contribution in [0.2, 0.25) is 0 Å². The van der Waals surface area contributed by atoms with Crippen molar-refractivity contribution >= 4 is 23.6 Å². The highest BCUT2D eigenvalue weighted by atomic mass is 16.2. The van der Waals surface area contributed by atoms with Crippen molar-refractivity contribution in [3.05, 3.63) is 35.4 Å². The zero-order valence-corrected chi connectivity index (χ0v) is 19.8. The Bertz CT molecular complexity index is 890. The second-order valence-electron chi connectivity index (χ2n) is 9.92. The number of carbonyl (C=O) groups excluding carboxylic acids is 4. The van der Waals surface area contributed by atoms with Crippen LogP contribution in [0.4, 0.5) is 0 Å². The predicted octanol–water partition coefficient (Wildman–Crippen LogP) is 2.14. The molecule has 1 aromatic rings. The molecule has 4 heterocycles. The van der Waals surface area contributed by atoms with Gasteiger partial charge in [0.15, 0.2) is 0 Å². The Morgan fingerprint density at radius 3 is 1.32 bits per heavy atom. The molecule has 0 aromatic heterocycles. The van der Waals surface area contributed by atoms with Crippen LogP contribution < -0.4 is 0 Å². The van der Waals surface area contributed by atoms with Gasteiger partial charge < -0.3 is 19.6 Å². The molecule has 0 bridgehead atoms. The molecule has 5 rings (SSSR count). The Balaban J connectivity index is 1.36. The van der Waals surface area contributed by atoms with Crippen molar-refractivity contribution in [1.29, 1.82) is 0 Å². The SMILES string of the molecule is O=C([C@@H]1CCCN1C(=O)c1ccccc1C(=O)N1CCC[C@H]1C(=O)N1CCCC1)N1CCCC1. The molecule has 1 aromatic carbocycles. The molecule has 2 atom stereocenters. The van der Waals surface area contributed by atoms with Crippen LogP contribution in [0.1, 0.15) is 72.1 Å². The van der Waals surface area contributed by atoms with Crippen molar-refractivity contribution in [1.82, 2.24) is 19.6 Å². The van der Waals surface area contributed by atoms with E-state index >= 15 is 0 Å². The van der Waals surface area contributed by atoms with E-state index in [1.54, 1.807) is 34.1 Å². The molecule has 0 N–H and O–H groups in total. The first kappa shape index (κ1) is 22.9. The first-order valence-corrected chi connectivity index (χ1v) is 12.8. The van der Waals surface area contributed by atoms with Crippen molar-refractivity contribution in [2.75, 3.05) is 39.3 Å². The van der Waals surface area contributed by atoms with Gasteiger partial charge in [-0.3, -0.25) is 19.2 Å². The summed E-state index contributed by atoms with van der Waals surface area (Å²) in [5.41, 5.74) is 0.654. The second kappa shape index (κ2) is 9.76. The highest BCUT2D eigenvalue weighted by Gasteiger charge is 2.41. The van der Waals surface area contributed by atoms with E-state index in [4.69, 9.17) is 0 Å². The number of carbonyl (C=O) groups is 4. The molecule has 34 heavy (non-hydrogen) atoms. The summed E-state index contributed by atoms with van der Waals surface area (Å²) < 4.78 is 0. The van der Waals surface area contributed by atoms with Gasteiger partial charge in [0.2, 0.25) is 11.8 Å². The minimum absolute atomic E-state index is 0.0305. The topological polar surface area (TPSA) is 81.2 Å². The third-order valence-electron chi connectivity index (χ3n) is 7.82. The van der Waals surface area contributed by atoms with Gasteiger partial charge in [-0.1, -0.05) is 12.1 Å². The van der Waals surface area contributed by atoms with Crippen molar-refractivity contribution in [3.8, 4) is 0 Å². The summed E-state index contributed by atoms with van der Waals surface area (Å²) in [5, 5.41) is 0. The molecule has 182 valence electrons. The Morgan fingerprint density at radius 2 is 0.941 bits per heavy atom. The first-order chi connectivity index (χ1) is 16.6. The van der Waals surface area contributed by atoms with E-state index in [-0.39, 0.29) is 23.6 Å². The second-order valence-corrected chi connectivity index (χ2v) is 9.92. The molecule has 8 nitrogen and oxygen atoms in total. The van der Waals surface area contributed by atoms with Crippen LogP contribution in [0.15, 0.2) is 24.3 Å². The fraction of sp³-hybridized carbons (Fsp3) is 0.615. The molecule has 4 aliphatic rings. The normalized spacial score (nSPS) is 24.8. The maximum absolute atomic E-state index is 13.7. The monoisotopic (exact) mass is 466 g/mol. The van der Waals surface area contributed by atoms with Gasteiger partial charge >= 0.3 is 0 Å². The first-order valence-electron chi connectivity index (χ1n) is 12.8. The summed E-state index contributed by atoms with van der Waals surface area (Å²) in [4.78, 5) is 60.5. The molecule has 4 fully saturated rings. The van der Waals surface area contributed by atoms with Gasteiger partial charge in [0, 0.05) is 39.3 Å². The van der Waals surface area contributed by atoms with Gasteiger partial charge in [-0.15, -0.1) is 0 Å². The molecule has 4 saturated heterocycles. The van der Waals surface area contributed by atoms with E-state index in [0.717, 1.165) is 64.7 Å². The van der Waals surface area contributed by atoms with Crippen LogP contribution in [0.5, 0.6) is 0 Å². The van der Waals surface area contributed by atoms with Crippen molar-refractivity contribution in [2.24, 2.45) is 0 Å². The standard InChI is InChI=1S/C26H34N4O4/c31-23(29-17-7-11-21(29)25(33)27-13-3-4-14-27)19-9-1-2-10-20(19)24(32)30-18-8-12-22(30)26(34)28-15-5-6-16-28/h1-2,9-10,21-22H,3-8,11-18H2/t21-,22-/m0/s1. The lowest BCUT2D eigenvalue weighted by molar-refractivity contribution is -0.134. The highest BCUT2D eigenvalue weighted by Crippen LogP contribution is 2.28. The van der Waals surface area contributed by atoms with E-state index in [1.165, 1.54) is 0 Å². The molecule has 0 aliphatic carbocycles. The zero-order valence-electron chi connectivity index (χ0n) is 19.8. The van der Waals surface area contributed by atoms with Gasteiger partial charge in [0.1, 0.15) is 12.1 Å². The van der Waals surface area contributed by atoms with Crippen LogP contribution in [-0.2, 0) is 9.59 Å². The highest BCUT2D eigenvalue weighted by molar-refractivity contribution is 6.09. The Morgan fingerprint density at radius 1 is 0.559 bits per heavy atom. The number of amides is 4. The van der Waals surface area contributed by atoms with Crippen LogP contribution in [0.25, 0.3) is 0 Å². The number of hydrogen-bond donors (Lipinski definition) is 0. The van der Waals surface area contributed by atoms with Crippen molar-refractivity contribution in [2.45, 2.75) is 63.5 Å². The fourth-order valence-corrected chi connectivity index (χ4v) is 6.00. The predicted molar refractivity (Wildman–Crippen MR) is 126 cm³/mol. The molecule has 0 unspecified atom stereocenters. The molecule has 0 saturated carbocycles. The average Bonchev–Trinajstić information content (AvgIpc) is 3.68. The largest absolute Gasteiger partial charge is 0.341 e. The quantitative estimate of drug-likeness (QED) is 0.681. The van der Waals surface area contributed by atoms with Gasteiger partial charge in [-0.25, -0.2) is 0 Å². The van der Waals surface area contributed by atoms with Gasteiger partial charge in [0.05, 0.1) is 11.1 Å². The molecule has 8 heteroatoms. The zero-order chi connectivity index (χ0) is 23.7.